The second kappa shape index (κ2) is 11.5. The summed E-state index contributed by atoms with van der Waals surface area (Å²) < 4.78 is 30.9. The van der Waals surface area contributed by atoms with E-state index in [4.69, 9.17) is 4.74 Å². The Hall–Kier alpha value is -2.91. The van der Waals surface area contributed by atoms with Gasteiger partial charge in [-0.25, -0.2) is 8.42 Å². The summed E-state index contributed by atoms with van der Waals surface area (Å²) >= 11 is 0. The Morgan fingerprint density at radius 3 is 2.42 bits per heavy atom. The highest BCUT2D eigenvalue weighted by molar-refractivity contribution is 7.92. The first-order valence-corrected chi connectivity index (χ1v) is 11.8. The standard InChI is InChI=1S/C22H29N3O5S/c1-4-17-10-5-8-13-20(17)25(31(3,28)29)16-21(26)24-19-12-7-6-11-18(19)22(27)23-14-9-15-30-2/h5-8,10-13H,4,9,14-16H2,1-3H3,(H,23,27)(H,24,26). The average Bonchev–Trinajstić information content (AvgIpc) is 2.74. The first-order chi connectivity index (χ1) is 14.8. The van der Waals surface area contributed by atoms with E-state index < -0.39 is 22.5 Å². The van der Waals surface area contributed by atoms with Crippen LogP contribution in [-0.4, -0.2) is 53.3 Å². The third-order valence-electron chi connectivity index (χ3n) is 4.59. The number of hydrogen-bond donors (Lipinski definition) is 2. The van der Waals surface area contributed by atoms with Crippen LogP contribution in [0.4, 0.5) is 11.4 Å². The number of nitrogens with zero attached hydrogens (tertiary/aromatic N) is 1. The fourth-order valence-electron chi connectivity index (χ4n) is 3.06. The fraction of sp³-hybridized carbons (Fsp3) is 0.364. The molecule has 0 bridgehead atoms. The van der Waals surface area contributed by atoms with E-state index in [1.54, 1.807) is 43.5 Å². The number of ether oxygens (including phenoxy) is 1. The molecule has 0 spiro atoms. The lowest BCUT2D eigenvalue weighted by molar-refractivity contribution is -0.114. The molecule has 0 unspecified atom stereocenters. The van der Waals surface area contributed by atoms with Crippen molar-refractivity contribution in [3.05, 3.63) is 59.7 Å². The molecule has 0 saturated heterocycles. The number of amides is 2. The van der Waals surface area contributed by atoms with Gasteiger partial charge in [-0.15, -0.1) is 0 Å². The van der Waals surface area contributed by atoms with Gasteiger partial charge in [0, 0.05) is 20.3 Å². The predicted molar refractivity (Wildman–Crippen MR) is 122 cm³/mol. The van der Waals surface area contributed by atoms with Crippen molar-refractivity contribution in [2.24, 2.45) is 0 Å². The van der Waals surface area contributed by atoms with Crippen LogP contribution < -0.4 is 14.9 Å². The Bertz CT molecular complexity index is 1010. The van der Waals surface area contributed by atoms with Crippen LogP contribution >= 0.6 is 0 Å². The van der Waals surface area contributed by atoms with Crippen molar-refractivity contribution in [1.82, 2.24) is 5.32 Å². The highest BCUT2D eigenvalue weighted by Gasteiger charge is 2.23. The molecule has 0 radical (unpaired) electrons. The second-order valence-corrected chi connectivity index (χ2v) is 8.85. The molecule has 0 aliphatic heterocycles. The van der Waals surface area contributed by atoms with Crippen LogP contribution in [0.2, 0.25) is 0 Å². The first kappa shape index (κ1) is 24.4. The second-order valence-electron chi connectivity index (χ2n) is 6.95. The van der Waals surface area contributed by atoms with Crippen LogP contribution in [-0.2, 0) is 26.0 Å². The zero-order chi connectivity index (χ0) is 22.9. The number of sulfonamides is 1. The van der Waals surface area contributed by atoms with E-state index in [2.05, 4.69) is 10.6 Å². The van der Waals surface area contributed by atoms with Gasteiger partial charge in [0.05, 0.1) is 23.2 Å². The summed E-state index contributed by atoms with van der Waals surface area (Å²) in [5.41, 5.74) is 1.89. The van der Waals surface area contributed by atoms with Gasteiger partial charge in [-0.1, -0.05) is 37.3 Å². The van der Waals surface area contributed by atoms with Gasteiger partial charge in [0.15, 0.2) is 0 Å². The Morgan fingerprint density at radius 2 is 1.74 bits per heavy atom. The fourth-order valence-corrected chi connectivity index (χ4v) is 3.95. The maximum atomic E-state index is 12.8. The topological polar surface area (TPSA) is 105 Å². The molecule has 9 heteroatoms. The molecule has 0 fully saturated rings. The Balaban J connectivity index is 2.18. The van der Waals surface area contributed by atoms with E-state index >= 15 is 0 Å². The predicted octanol–water partition coefficient (Wildman–Crippen LogP) is 2.42. The summed E-state index contributed by atoms with van der Waals surface area (Å²) in [5, 5.41) is 5.45. The maximum absolute atomic E-state index is 12.8. The summed E-state index contributed by atoms with van der Waals surface area (Å²) in [6, 6.07) is 13.6. The van der Waals surface area contributed by atoms with Gasteiger partial charge in [-0.3, -0.25) is 13.9 Å². The van der Waals surface area contributed by atoms with Gasteiger partial charge in [0.25, 0.3) is 5.91 Å². The number of rotatable bonds is 11. The molecule has 0 atom stereocenters. The minimum atomic E-state index is -3.70. The molecule has 0 heterocycles. The SMILES string of the molecule is CCc1ccccc1N(CC(=O)Nc1ccccc1C(=O)NCCCOC)S(C)(=O)=O. The molecule has 2 amide bonds. The third-order valence-corrected chi connectivity index (χ3v) is 5.71. The number of carbonyl (C=O) groups is 2. The number of anilines is 2. The van der Waals surface area contributed by atoms with Gasteiger partial charge in [-0.2, -0.15) is 0 Å². The number of para-hydroxylation sites is 2. The first-order valence-electron chi connectivity index (χ1n) is 9.99. The number of methoxy groups -OCH3 is 1. The van der Waals surface area contributed by atoms with Gasteiger partial charge in [0.1, 0.15) is 6.54 Å². The summed E-state index contributed by atoms with van der Waals surface area (Å²) in [4.78, 5) is 25.2. The largest absolute Gasteiger partial charge is 0.385 e. The van der Waals surface area contributed by atoms with Gasteiger partial charge in [0.2, 0.25) is 15.9 Å². The normalized spacial score (nSPS) is 11.1. The summed E-state index contributed by atoms with van der Waals surface area (Å²) in [5.74, 6) is -0.876. The maximum Gasteiger partial charge on any atom is 0.253 e. The molecule has 0 saturated carbocycles. The van der Waals surface area contributed by atoms with Crippen molar-refractivity contribution in [1.29, 1.82) is 0 Å². The minimum absolute atomic E-state index is 0.299. The Kier molecular flexibility index (Phi) is 9.02. The zero-order valence-electron chi connectivity index (χ0n) is 18.1. The van der Waals surface area contributed by atoms with Crippen LogP contribution in [0.15, 0.2) is 48.5 Å². The van der Waals surface area contributed by atoms with E-state index in [0.717, 1.165) is 16.1 Å². The molecule has 2 aromatic rings. The molecule has 0 aromatic heterocycles. The number of hydrogen-bond acceptors (Lipinski definition) is 5. The van der Waals surface area contributed by atoms with Crippen molar-refractivity contribution in [2.75, 3.05) is 42.7 Å². The molecule has 8 nitrogen and oxygen atoms in total. The monoisotopic (exact) mass is 447 g/mol. The molecule has 0 aliphatic carbocycles. The zero-order valence-corrected chi connectivity index (χ0v) is 18.9. The minimum Gasteiger partial charge on any atom is -0.385 e. The van der Waals surface area contributed by atoms with Crippen LogP contribution in [0.25, 0.3) is 0 Å². The van der Waals surface area contributed by atoms with Crippen LogP contribution in [0.5, 0.6) is 0 Å². The molecular formula is C22H29N3O5S. The molecule has 2 N–H and O–H groups in total. The number of nitrogens with one attached hydrogen (secondary N) is 2. The number of aryl methyl sites for hydroxylation is 1. The van der Waals surface area contributed by atoms with E-state index in [0.29, 0.717) is 42.9 Å². The third kappa shape index (κ3) is 7.08. The molecule has 2 aromatic carbocycles. The van der Waals surface area contributed by atoms with E-state index in [1.807, 2.05) is 19.1 Å². The van der Waals surface area contributed by atoms with Crippen molar-refractivity contribution >= 4 is 33.2 Å². The lowest BCUT2D eigenvalue weighted by Gasteiger charge is -2.24. The Labute approximate surface area is 183 Å². The molecule has 2 rings (SSSR count). The van der Waals surface area contributed by atoms with E-state index in [1.165, 1.54) is 0 Å². The van der Waals surface area contributed by atoms with Crippen molar-refractivity contribution in [3.63, 3.8) is 0 Å². The van der Waals surface area contributed by atoms with Gasteiger partial charge in [-0.05, 0) is 36.6 Å². The van der Waals surface area contributed by atoms with Crippen molar-refractivity contribution < 1.29 is 22.7 Å². The van der Waals surface area contributed by atoms with E-state index in [-0.39, 0.29) is 5.91 Å². The molecule has 168 valence electrons. The van der Waals surface area contributed by atoms with Crippen molar-refractivity contribution in [2.45, 2.75) is 19.8 Å². The number of carbonyl (C=O) groups excluding carboxylic acids is 2. The lowest BCUT2D eigenvalue weighted by atomic mass is 10.1. The average molecular weight is 448 g/mol. The van der Waals surface area contributed by atoms with Crippen molar-refractivity contribution in [3.8, 4) is 0 Å². The van der Waals surface area contributed by atoms with Crippen LogP contribution in [0.1, 0.15) is 29.3 Å². The summed E-state index contributed by atoms with van der Waals surface area (Å²) in [7, 11) is -2.11. The lowest BCUT2D eigenvalue weighted by Crippen LogP contribution is -2.38. The number of benzene rings is 2. The summed E-state index contributed by atoms with van der Waals surface area (Å²) in [6.45, 7) is 2.48. The van der Waals surface area contributed by atoms with Crippen LogP contribution in [0, 0.1) is 0 Å². The smallest absolute Gasteiger partial charge is 0.253 e. The van der Waals surface area contributed by atoms with Crippen LogP contribution in [0.3, 0.4) is 0 Å². The molecule has 31 heavy (non-hydrogen) atoms. The Morgan fingerprint density at radius 1 is 1.06 bits per heavy atom. The molecule has 0 aliphatic rings. The highest BCUT2D eigenvalue weighted by atomic mass is 32.2. The quantitative estimate of drug-likeness (QED) is 0.515. The highest BCUT2D eigenvalue weighted by Crippen LogP contribution is 2.23. The van der Waals surface area contributed by atoms with Gasteiger partial charge < -0.3 is 15.4 Å². The molecular weight excluding hydrogens is 418 g/mol. The summed E-state index contributed by atoms with van der Waals surface area (Å²) in [6.07, 6.45) is 2.35. The van der Waals surface area contributed by atoms with Gasteiger partial charge >= 0.3 is 0 Å². The van der Waals surface area contributed by atoms with E-state index in [9.17, 15) is 18.0 Å².